The highest BCUT2D eigenvalue weighted by Crippen LogP contribution is 2.31. The smallest absolute Gasteiger partial charge is 0.416 e. The highest BCUT2D eigenvalue weighted by molar-refractivity contribution is 6.31. The highest BCUT2D eigenvalue weighted by Gasteiger charge is 2.30. The van der Waals surface area contributed by atoms with E-state index in [1.54, 1.807) is 6.92 Å². The number of rotatable bonds is 3. The summed E-state index contributed by atoms with van der Waals surface area (Å²) in [5, 5.41) is 16.6. The third-order valence-corrected chi connectivity index (χ3v) is 4.11. The van der Waals surface area contributed by atoms with Crippen LogP contribution in [0.1, 0.15) is 21.6 Å². The summed E-state index contributed by atoms with van der Waals surface area (Å²) in [6, 6.07) is 8.80. The summed E-state index contributed by atoms with van der Waals surface area (Å²) in [6.45, 7) is 1.56. The quantitative estimate of drug-likeness (QED) is 0.625. The molecule has 27 heavy (non-hydrogen) atoms. The van der Waals surface area contributed by atoms with Gasteiger partial charge < -0.3 is 10.4 Å². The van der Waals surface area contributed by atoms with E-state index in [0.717, 1.165) is 12.1 Å². The van der Waals surface area contributed by atoms with Crippen molar-refractivity contribution >= 4 is 23.2 Å². The summed E-state index contributed by atoms with van der Waals surface area (Å²) >= 11 is 5.84. The predicted octanol–water partition coefficient (Wildman–Crippen LogP) is 4.81. The van der Waals surface area contributed by atoms with Crippen LogP contribution in [0.5, 0.6) is 5.75 Å². The van der Waals surface area contributed by atoms with Crippen molar-refractivity contribution in [2.75, 3.05) is 5.32 Å². The van der Waals surface area contributed by atoms with E-state index in [1.165, 1.54) is 41.2 Å². The molecule has 3 aromatic rings. The fourth-order valence-electron chi connectivity index (χ4n) is 2.50. The van der Waals surface area contributed by atoms with Gasteiger partial charge in [-0.1, -0.05) is 17.7 Å². The molecule has 140 valence electrons. The molecule has 0 aliphatic carbocycles. The summed E-state index contributed by atoms with van der Waals surface area (Å²) in [4.78, 5) is 12.5. The molecule has 0 aliphatic heterocycles. The summed E-state index contributed by atoms with van der Waals surface area (Å²) < 4.78 is 39.9. The zero-order chi connectivity index (χ0) is 19.8. The van der Waals surface area contributed by atoms with Gasteiger partial charge in [0.15, 0.2) is 0 Å². The number of alkyl halides is 3. The Hall–Kier alpha value is -3.00. The molecule has 0 unspecified atom stereocenters. The van der Waals surface area contributed by atoms with Gasteiger partial charge in [0.2, 0.25) is 0 Å². The zero-order valence-corrected chi connectivity index (χ0v) is 14.6. The Bertz CT molecular complexity index is 1020. The summed E-state index contributed by atoms with van der Waals surface area (Å²) in [5.41, 5.74) is -0.0458. The number of carbonyl (C=O) groups is 1. The van der Waals surface area contributed by atoms with E-state index in [2.05, 4.69) is 10.4 Å². The van der Waals surface area contributed by atoms with E-state index < -0.39 is 17.6 Å². The number of aromatic hydroxyl groups is 1. The van der Waals surface area contributed by atoms with Crippen molar-refractivity contribution < 1.29 is 23.1 Å². The van der Waals surface area contributed by atoms with Crippen molar-refractivity contribution in [3.8, 4) is 11.4 Å². The van der Waals surface area contributed by atoms with E-state index in [9.17, 15) is 23.1 Å². The molecule has 0 radical (unpaired) electrons. The molecule has 0 saturated carbocycles. The molecule has 0 spiro atoms. The first-order valence-corrected chi connectivity index (χ1v) is 8.07. The highest BCUT2D eigenvalue weighted by atomic mass is 35.5. The molecule has 1 aromatic heterocycles. The van der Waals surface area contributed by atoms with Gasteiger partial charge in [-0.2, -0.15) is 18.3 Å². The maximum atomic E-state index is 12.9. The Balaban J connectivity index is 1.91. The number of nitrogens with zero attached hydrogens (tertiary/aromatic N) is 2. The van der Waals surface area contributed by atoms with Crippen molar-refractivity contribution in [2.24, 2.45) is 0 Å². The molecule has 0 atom stereocenters. The van der Waals surface area contributed by atoms with E-state index in [0.29, 0.717) is 10.7 Å². The van der Waals surface area contributed by atoms with E-state index in [4.69, 9.17) is 11.6 Å². The summed E-state index contributed by atoms with van der Waals surface area (Å²) in [6.07, 6.45) is -3.24. The van der Waals surface area contributed by atoms with Crippen molar-refractivity contribution in [3.63, 3.8) is 0 Å². The molecular weight excluding hydrogens is 383 g/mol. The molecule has 1 amide bonds. The Morgan fingerprint density at radius 3 is 2.67 bits per heavy atom. The molecule has 0 fully saturated rings. The topological polar surface area (TPSA) is 67.2 Å². The van der Waals surface area contributed by atoms with Crippen LogP contribution in [-0.2, 0) is 6.18 Å². The number of carbonyl (C=O) groups excluding carboxylic acids is 1. The lowest BCUT2D eigenvalue weighted by molar-refractivity contribution is -0.137. The average Bonchev–Trinajstić information content (AvgIpc) is 2.99. The second kappa shape index (κ2) is 6.96. The first kappa shape index (κ1) is 18.8. The van der Waals surface area contributed by atoms with Gasteiger partial charge in [-0.15, -0.1) is 0 Å². The number of anilines is 1. The second-order valence-electron chi connectivity index (χ2n) is 5.72. The molecule has 3 rings (SSSR count). The second-order valence-corrected chi connectivity index (χ2v) is 6.16. The van der Waals surface area contributed by atoms with Crippen LogP contribution in [0.4, 0.5) is 18.9 Å². The number of nitrogens with one attached hydrogen (secondary N) is 1. The Labute approximate surface area is 157 Å². The lowest BCUT2D eigenvalue weighted by Crippen LogP contribution is -2.13. The fraction of sp³-hybridized carbons (Fsp3) is 0.111. The van der Waals surface area contributed by atoms with Gasteiger partial charge in [0.1, 0.15) is 5.75 Å². The minimum Gasteiger partial charge on any atom is -0.506 e. The van der Waals surface area contributed by atoms with Crippen LogP contribution in [0, 0.1) is 6.92 Å². The first-order valence-electron chi connectivity index (χ1n) is 7.69. The van der Waals surface area contributed by atoms with Crippen molar-refractivity contribution in [2.45, 2.75) is 13.1 Å². The molecule has 2 N–H and O–H groups in total. The van der Waals surface area contributed by atoms with Gasteiger partial charge in [-0.25, -0.2) is 4.68 Å². The van der Waals surface area contributed by atoms with E-state index in [-0.39, 0.29) is 22.7 Å². The monoisotopic (exact) mass is 395 g/mol. The standard InChI is InChI=1S/C18H13ClF3N3O2/c1-10-14(17(27)24-15-8-12(19)5-6-16(15)26)9-23-25(10)13-4-2-3-11(7-13)18(20,21)22/h2-9,26H,1H3,(H,24,27). The number of phenolic OH excluding ortho intramolecular Hbond substituents is 1. The van der Waals surface area contributed by atoms with Crippen molar-refractivity contribution in [3.05, 3.63) is 70.5 Å². The third kappa shape index (κ3) is 3.90. The van der Waals surface area contributed by atoms with E-state index in [1.807, 2.05) is 0 Å². The van der Waals surface area contributed by atoms with E-state index >= 15 is 0 Å². The molecule has 5 nitrogen and oxygen atoms in total. The van der Waals surface area contributed by atoms with Crippen LogP contribution in [0.3, 0.4) is 0 Å². The van der Waals surface area contributed by atoms with Crippen LogP contribution in [0.25, 0.3) is 5.69 Å². The summed E-state index contributed by atoms with van der Waals surface area (Å²) in [7, 11) is 0. The number of amides is 1. The van der Waals surface area contributed by atoms with Crippen LogP contribution in [-0.4, -0.2) is 20.8 Å². The van der Waals surface area contributed by atoms with Gasteiger partial charge in [-0.05, 0) is 43.3 Å². The number of hydrogen-bond acceptors (Lipinski definition) is 3. The molecule has 2 aromatic carbocycles. The lowest BCUT2D eigenvalue weighted by Gasteiger charge is -2.10. The van der Waals surface area contributed by atoms with Crippen LogP contribution in [0.15, 0.2) is 48.7 Å². The molecule has 0 aliphatic rings. The van der Waals surface area contributed by atoms with Crippen molar-refractivity contribution in [1.29, 1.82) is 0 Å². The lowest BCUT2D eigenvalue weighted by atomic mass is 10.2. The number of aromatic nitrogens is 2. The van der Waals surface area contributed by atoms with Crippen molar-refractivity contribution in [1.82, 2.24) is 9.78 Å². The fourth-order valence-corrected chi connectivity index (χ4v) is 2.68. The maximum Gasteiger partial charge on any atom is 0.416 e. The molecule has 0 saturated heterocycles. The minimum absolute atomic E-state index is 0.110. The van der Waals surface area contributed by atoms with Crippen LogP contribution in [0.2, 0.25) is 5.02 Å². The van der Waals surface area contributed by atoms with Gasteiger partial charge in [-0.3, -0.25) is 4.79 Å². The SMILES string of the molecule is Cc1c(C(=O)Nc2cc(Cl)ccc2O)cnn1-c1cccc(C(F)(F)F)c1. The van der Waals surface area contributed by atoms with Gasteiger partial charge in [0, 0.05) is 5.02 Å². The first-order chi connectivity index (χ1) is 12.7. The zero-order valence-electron chi connectivity index (χ0n) is 13.9. The van der Waals surface area contributed by atoms with Crippen LogP contribution < -0.4 is 5.32 Å². The minimum atomic E-state index is -4.48. The van der Waals surface area contributed by atoms with Gasteiger partial charge in [0.05, 0.1) is 34.4 Å². The van der Waals surface area contributed by atoms with Gasteiger partial charge >= 0.3 is 6.18 Å². The molecule has 9 heteroatoms. The number of halogens is 4. The molecule has 1 heterocycles. The van der Waals surface area contributed by atoms with Gasteiger partial charge in [0.25, 0.3) is 5.91 Å². The molecular formula is C18H13ClF3N3O2. The average molecular weight is 396 g/mol. The predicted molar refractivity (Wildman–Crippen MR) is 94.4 cm³/mol. The van der Waals surface area contributed by atoms with Crippen LogP contribution >= 0.6 is 11.6 Å². The largest absolute Gasteiger partial charge is 0.506 e. The Morgan fingerprint density at radius 2 is 1.96 bits per heavy atom. The third-order valence-electron chi connectivity index (χ3n) is 3.88. The maximum absolute atomic E-state index is 12.9. The summed E-state index contributed by atoms with van der Waals surface area (Å²) in [5.74, 6) is -0.751. The normalized spacial score (nSPS) is 11.4. The number of hydrogen-bond donors (Lipinski definition) is 2. The number of benzene rings is 2. The number of phenols is 1. The Kier molecular flexibility index (Phi) is 4.84. The Morgan fingerprint density at radius 1 is 1.22 bits per heavy atom. The molecule has 0 bridgehead atoms.